The molecule has 1 unspecified atom stereocenters. The third-order valence-corrected chi connectivity index (χ3v) is 0.519. The third-order valence-electron chi connectivity index (χ3n) is 0.365. The van der Waals surface area contributed by atoms with Crippen molar-refractivity contribution in [2.75, 3.05) is 0 Å². The molecule has 3 heteroatoms. The van der Waals surface area contributed by atoms with Crippen LogP contribution in [-0.4, -0.2) is 11.7 Å². The van der Waals surface area contributed by atoms with Gasteiger partial charge in [-0.05, 0) is 0 Å². The third kappa shape index (κ3) is 11.0. The van der Waals surface area contributed by atoms with Crippen LogP contribution >= 0.6 is 11.6 Å². The van der Waals surface area contributed by atoms with Crippen LogP contribution in [0.4, 0.5) is 0 Å². The number of hydrogen-bond acceptors (Lipinski definition) is 1. The Labute approximate surface area is 73.7 Å². The molecule has 0 spiro atoms. The summed E-state index contributed by atoms with van der Waals surface area (Å²) in [7, 11) is 0. The van der Waals surface area contributed by atoms with Crippen LogP contribution in [-0.2, 0) is 37.5 Å². The molecule has 7 heavy (non-hydrogen) atoms. The van der Waals surface area contributed by atoms with E-state index < -0.39 is 0 Å². The maximum atomic E-state index is 9.41. The molecule has 0 saturated heterocycles. The molecule has 1 nitrogen and oxygen atoms in total. The summed E-state index contributed by atoms with van der Waals surface area (Å²) >= 11 is 5.32. The predicted octanol–water partition coefficient (Wildman–Crippen LogP) is 1.11. The molecule has 1 radical (unpaired) electrons. The molecule has 0 N–H and O–H groups in total. The fraction of sp³-hybridized carbons (Fsp3) is 0.750. The molecule has 0 amide bonds. The largest absolute Gasteiger partial charge is 0.542 e. The van der Waals surface area contributed by atoms with Crippen molar-refractivity contribution in [3.8, 4) is 0 Å². The van der Waals surface area contributed by atoms with Gasteiger partial charge in [0.05, 0.1) is 0 Å². The molecule has 0 aromatic rings. The second kappa shape index (κ2) is 7.06. The first-order valence-electron chi connectivity index (χ1n) is 1.76. The van der Waals surface area contributed by atoms with Gasteiger partial charge < -0.3 is 4.79 Å². The molecular formula is C4H6ClOY-. The number of rotatable bonds is 2. The predicted molar refractivity (Wildman–Crippen MR) is 25.6 cm³/mol. The van der Waals surface area contributed by atoms with Gasteiger partial charge in [0.2, 0.25) is 0 Å². The Morgan fingerprint density at radius 1 is 1.86 bits per heavy atom. The van der Waals surface area contributed by atoms with E-state index in [0.717, 1.165) is 0 Å². The SMILES string of the molecule is CC(Cl)C[C-]=O.[Y]. The second-order valence-electron chi connectivity index (χ2n) is 1.13. The van der Waals surface area contributed by atoms with Crippen molar-refractivity contribution in [3.63, 3.8) is 0 Å². The standard InChI is InChI=1S/C4H6ClO.Y/c1-4(5)2-3-6;/h4H,2H2,1H3;/q-1;. The average Bonchev–Trinajstić information content (AvgIpc) is 1.35. The summed E-state index contributed by atoms with van der Waals surface area (Å²) in [5, 5.41) is -0.0532. The van der Waals surface area contributed by atoms with Crippen molar-refractivity contribution in [2.45, 2.75) is 18.7 Å². The van der Waals surface area contributed by atoms with Crippen molar-refractivity contribution in [1.82, 2.24) is 0 Å². The van der Waals surface area contributed by atoms with Gasteiger partial charge in [0.15, 0.2) is 0 Å². The number of alkyl halides is 1. The van der Waals surface area contributed by atoms with Crippen LogP contribution in [0.2, 0.25) is 0 Å². The molecule has 39 valence electrons. The van der Waals surface area contributed by atoms with E-state index in [2.05, 4.69) is 0 Å². The molecule has 0 aliphatic rings. The Kier molecular flexibility index (Phi) is 11.0. The topological polar surface area (TPSA) is 17.1 Å². The quantitative estimate of drug-likeness (QED) is 0.475. The first-order chi connectivity index (χ1) is 2.77. The summed E-state index contributed by atoms with van der Waals surface area (Å²) in [6.45, 7) is 1.76. The van der Waals surface area contributed by atoms with Gasteiger partial charge in [-0.25, -0.2) is 0 Å². The zero-order valence-electron chi connectivity index (χ0n) is 4.15. The Bertz CT molecular complexity index is 47.0. The van der Waals surface area contributed by atoms with Gasteiger partial charge in [0.1, 0.15) is 0 Å². The van der Waals surface area contributed by atoms with Gasteiger partial charge in [0, 0.05) is 38.1 Å². The van der Waals surface area contributed by atoms with Crippen molar-refractivity contribution in [3.05, 3.63) is 0 Å². The maximum absolute atomic E-state index is 9.41. The molecule has 0 saturated carbocycles. The molecule has 0 aliphatic heterocycles. The van der Waals surface area contributed by atoms with Gasteiger partial charge in [0.25, 0.3) is 0 Å². The van der Waals surface area contributed by atoms with Crippen LogP contribution in [0.15, 0.2) is 0 Å². The Morgan fingerprint density at radius 2 is 2.29 bits per heavy atom. The summed E-state index contributed by atoms with van der Waals surface area (Å²) in [4.78, 5) is 9.41. The van der Waals surface area contributed by atoms with E-state index in [9.17, 15) is 4.79 Å². The molecule has 0 rings (SSSR count). The van der Waals surface area contributed by atoms with E-state index in [4.69, 9.17) is 11.6 Å². The van der Waals surface area contributed by atoms with E-state index in [1.54, 1.807) is 13.2 Å². The summed E-state index contributed by atoms with van der Waals surface area (Å²) in [6.07, 6.45) is 2.02. The second-order valence-corrected chi connectivity index (χ2v) is 1.87. The van der Waals surface area contributed by atoms with Crippen LogP contribution in [0.1, 0.15) is 13.3 Å². The van der Waals surface area contributed by atoms with Crippen molar-refractivity contribution < 1.29 is 37.5 Å². The van der Waals surface area contributed by atoms with Gasteiger partial charge in [-0.15, -0.1) is 18.0 Å². The van der Waals surface area contributed by atoms with E-state index in [1.165, 1.54) is 0 Å². The van der Waals surface area contributed by atoms with Crippen LogP contribution in [0, 0.1) is 0 Å². The summed E-state index contributed by atoms with van der Waals surface area (Å²) < 4.78 is 0. The zero-order valence-corrected chi connectivity index (χ0v) is 7.74. The molecule has 0 fully saturated rings. The van der Waals surface area contributed by atoms with E-state index in [0.29, 0.717) is 6.42 Å². The summed E-state index contributed by atoms with van der Waals surface area (Å²) in [5.74, 6) is 0. The average molecular weight is 194 g/mol. The van der Waals surface area contributed by atoms with Gasteiger partial charge >= 0.3 is 0 Å². The number of hydrogen-bond donors (Lipinski definition) is 0. The van der Waals surface area contributed by atoms with Crippen LogP contribution in [0.25, 0.3) is 0 Å². The van der Waals surface area contributed by atoms with Crippen LogP contribution in [0.3, 0.4) is 0 Å². The van der Waals surface area contributed by atoms with E-state index >= 15 is 0 Å². The van der Waals surface area contributed by atoms with E-state index in [-0.39, 0.29) is 38.1 Å². The minimum absolute atomic E-state index is 0. The monoisotopic (exact) mass is 194 g/mol. The first-order valence-corrected chi connectivity index (χ1v) is 2.20. The Morgan fingerprint density at radius 3 is 2.29 bits per heavy atom. The summed E-state index contributed by atoms with van der Waals surface area (Å²) in [6, 6.07) is 0. The molecule has 0 aromatic carbocycles. The fourth-order valence-corrected chi connectivity index (χ4v) is 0.178. The normalized spacial score (nSPS) is 11.7. The molecular weight excluding hydrogens is 188 g/mol. The smallest absolute Gasteiger partial charge is 0.00693 e. The zero-order chi connectivity index (χ0) is 4.99. The van der Waals surface area contributed by atoms with Crippen molar-refractivity contribution >= 4 is 17.9 Å². The van der Waals surface area contributed by atoms with Crippen molar-refractivity contribution in [1.29, 1.82) is 0 Å². The van der Waals surface area contributed by atoms with E-state index in [1.807, 2.05) is 0 Å². The summed E-state index contributed by atoms with van der Waals surface area (Å²) in [5.41, 5.74) is 0. The maximum Gasteiger partial charge on any atom is 0.00693 e. The molecule has 1 atom stereocenters. The number of halogens is 1. The van der Waals surface area contributed by atoms with Crippen molar-refractivity contribution in [2.24, 2.45) is 0 Å². The molecule has 0 aromatic heterocycles. The van der Waals surface area contributed by atoms with Gasteiger partial charge in [-0.3, -0.25) is 6.29 Å². The Hall–Kier alpha value is 1.06. The van der Waals surface area contributed by atoms with Gasteiger partial charge in [-0.1, -0.05) is 6.92 Å². The molecule has 0 bridgehead atoms. The van der Waals surface area contributed by atoms with Crippen LogP contribution < -0.4 is 0 Å². The molecule has 0 heterocycles. The Balaban J connectivity index is 0. The van der Waals surface area contributed by atoms with Gasteiger partial charge in [-0.2, -0.15) is 0 Å². The number of carbonyl (C=O) groups excluding carboxylic acids is 1. The molecule has 0 aliphatic carbocycles. The van der Waals surface area contributed by atoms with Crippen LogP contribution in [0.5, 0.6) is 0 Å². The minimum Gasteiger partial charge on any atom is -0.542 e. The fourth-order valence-electron chi connectivity index (χ4n) is 0.115. The first kappa shape index (κ1) is 10.9. The minimum atomic E-state index is -0.0532.